The van der Waals surface area contributed by atoms with Crippen molar-refractivity contribution in [2.45, 2.75) is 12.8 Å². The van der Waals surface area contributed by atoms with Crippen molar-refractivity contribution in [1.29, 1.82) is 0 Å². The van der Waals surface area contributed by atoms with Gasteiger partial charge in [0.2, 0.25) is 0 Å². The number of hydrogen-bond donors (Lipinski definition) is 0. The third-order valence-electron chi connectivity index (χ3n) is 4.64. The minimum atomic E-state index is 1.05. The average Bonchev–Trinajstić information content (AvgIpc) is 3.04. The Labute approximate surface area is 117 Å². The molecule has 1 aromatic heterocycles. The van der Waals surface area contributed by atoms with Gasteiger partial charge in [-0.1, -0.05) is 36.4 Å². The van der Waals surface area contributed by atoms with Crippen LogP contribution in [0.5, 0.6) is 0 Å². The topological polar surface area (TPSA) is 12.9 Å². The molecule has 5 rings (SSSR count). The summed E-state index contributed by atoms with van der Waals surface area (Å²) in [5, 5.41) is 0. The van der Waals surface area contributed by atoms with Crippen molar-refractivity contribution < 1.29 is 0 Å². The predicted octanol–water partition coefficient (Wildman–Crippen LogP) is 4.22. The predicted molar refractivity (Wildman–Crippen MR) is 80.7 cm³/mol. The van der Waals surface area contributed by atoms with E-state index in [1.807, 2.05) is 12.4 Å². The zero-order valence-corrected chi connectivity index (χ0v) is 11.1. The Hall–Kier alpha value is -2.41. The Morgan fingerprint density at radius 3 is 2.60 bits per heavy atom. The average molecular weight is 255 g/mol. The summed E-state index contributed by atoms with van der Waals surface area (Å²) in [5.74, 6) is 0. The van der Waals surface area contributed by atoms with Crippen LogP contribution in [-0.4, -0.2) is 4.98 Å². The van der Waals surface area contributed by atoms with Gasteiger partial charge < -0.3 is 0 Å². The molecular weight excluding hydrogens is 242 g/mol. The quantitative estimate of drug-likeness (QED) is 0.403. The van der Waals surface area contributed by atoms with Crippen molar-refractivity contribution in [2.24, 2.45) is 0 Å². The van der Waals surface area contributed by atoms with Crippen LogP contribution >= 0.6 is 0 Å². The fraction of sp³-hybridized carbons (Fsp3) is 0.105. The van der Waals surface area contributed by atoms with E-state index >= 15 is 0 Å². The first-order chi connectivity index (χ1) is 9.92. The van der Waals surface area contributed by atoms with Gasteiger partial charge in [0, 0.05) is 18.0 Å². The summed E-state index contributed by atoms with van der Waals surface area (Å²) in [7, 11) is 0. The molecule has 3 aromatic rings. The molecule has 0 atom stereocenters. The van der Waals surface area contributed by atoms with Crippen LogP contribution in [0.15, 0.2) is 54.9 Å². The molecule has 2 aromatic carbocycles. The Morgan fingerprint density at radius 2 is 1.60 bits per heavy atom. The van der Waals surface area contributed by atoms with E-state index in [2.05, 4.69) is 47.4 Å². The smallest absolute Gasteiger partial charge is 0.0349 e. The molecule has 20 heavy (non-hydrogen) atoms. The maximum Gasteiger partial charge on any atom is 0.0349 e. The van der Waals surface area contributed by atoms with Gasteiger partial charge in [0.05, 0.1) is 0 Å². The van der Waals surface area contributed by atoms with Gasteiger partial charge in [-0.2, -0.15) is 0 Å². The fourth-order valence-corrected chi connectivity index (χ4v) is 3.75. The normalized spacial score (nSPS) is 13.6. The zero-order chi connectivity index (χ0) is 13.1. The number of pyridine rings is 1. The van der Waals surface area contributed by atoms with Gasteiger partial charge in [0.25, 0.3) is 0 Å². The summed E-state index contributed by atoms with van der Waals surface area (Å²) < 4.78 is 0. The van der Waals surface area contributed by atoms with Crippen LogP contribution in [0.3, 0.4) is 0 Å². The Kier molecular flexibility index (Phi) is 1.86. The van der Waals surface area contributed by atoms with Crippen LogP contribution in [0.2, 0.25) is 0 Å². The first-order valence-corrected chi connectivity index (χ1v) is 7.08. The van der Waals surface area contributed by atoms with E-state index in [9.17, 15) is 0 Å². The zero-order valence-electron chi connectivity index (χ0n) is 11.1. The lowest BCUT2D eigenvalue weighted by Gasteiger charge is -2.08. The monoisotopic (exact) mass is 255 g/mol. The molecular formula is C19H13N. The standard InChI is InChI=1S/C19H13N/c1-2-4-15-12(3-1)9-14-5-6-16-17(19(14)15)10-13-7-8-20-11-18(13)16/h1-8,11H,9-10H2. The summed E-state index contributed by atoms with van der Waals surface area (Å²) in [6, 6.07) is 15.6. The van der Waals surface area contributed by atoms with Crippen molar-refractivity contribution >= 4 is 0 Å². The van der Waals surface area contributed by atoms with Crippen LogP contribution in [-0.2, 0) is 12.8 Å². The lowest BCUT2D eigenvalue weighted by Crippen LogP contribution is -1.88. The highest BCUT2D eigenvalue weighted by molar-refractivity contribution is 5.89. The Balaban J connectivity index is 1.84. The summed E-state index contributed by atoms with van der Waals surface area (Å²) in [4.78, 5) is 4.29. The maximum atomic E-state index is 4.29. The summed E-state index contributed by atoms with van der Waals surface area (Å²) >= 11 is 0. The first kappa shape index (κ1) is 10.4. The lowest BCUT2D eigenvalue weighted by atomic mass is 9.95. The van der Waals surface area contributed by atoms with Crippen LogP contribution in [0.1, 0.15) is 22.3 Å². The lowest BCUT2D eigenvalue weighted by molar-refractivity contribution is 1.22. The van der Waals surface area contributed by atoms with Crippen molar-refractivity contribution in [3.63, 3.8) is 0 Å². The molecule has 0 radical (unpaired) electrons. The second-order valence-corrected chi connectivity index (χ2v) is 5.67. The molecule has 2 aliphatic carbocycles. The van der Waals surface area contributed by atoms with Gasteiger partial charge >= 0.3 is 0 Å². The van der Waals surface area contributed by atoms with Crippen LogP contribution in [0.4, 0.5) is 0 Å². The molecule has 1 heteroatoms. The van der Waals surface area contributed by atoms with Crippen molar-refractivity contribution in [3.8, 4) is 22.3 Å². The highest BCUT2D eigenvalue weighted by atomic mass is 14.6. The summed E-state index contributed by atoms with van der Waals surface area (Å²) in [5.41, 5.74) is 11.5. The minimum Gasteiger partial charge on any atom is -0.264 e. The molecule has 0 unspecified atom stereocenters. The maximum absolute atomic E-state index is 4.29. The fourth-order valence-electron chi connectivity index (χ4n) is 3.75. The van der Waals surface area contributed by atoms with Crippen molar-refractivity contribution in [2.75, 3.05) is 0 Å². The van der Waals surface area contributed by atoms with Gasteiger partial charge in [0.15, 0.2) is 0 Å². The third-order valence-corrected chi connectivity index (χ3v) is 4.64. The first-order valence-electron chi connectivity index (χ1n) is 7.08. The van der Waals surface area contributed by atoms with Crippen molar-refractivity contribution in [1.82, 2.24) is 4.98 Å². The van der Waals surface area contributed by atoms with E-state index in [0.29, 0.717) is 0 Å². The largest absolute Gasteiger partial charge is 0.264 e. The number of hydrogen-bond acceptors (Lipinski definition) is 1. The SMILES string of the molecule is c1ccc2c(c1)Cc1ccc3c(c1-2)Cc1ccncc1-3. The molecule has 0 saturated carbocycles. The van der Waals surface area contributed by atoms with E-state index in [1.165, 1.54) is 44.5 Å². The minimum absolute atomic E-state index is 1.05. The molecule has 1 heterocycles. The van der Waals surface area contributed by atoms with E-state index in [4.69, 9.17) is 0 Å². The summed E-state index contributed by atoms with van der Waals surface area (Å²) in [6.07, 6.45) is 6.03. The second-order valence-electron chi connectivity index (χ2n) is 5.67. The molecule has 0 aliphatic heterocycles. The van der Waals surface area contributed by atoms with Crippen LogP contribution in [0.25, 0.3) is 22.3 Å². The van der Waals surface area contributed by atoms with Gasteiger partial charge in [-0.3, -0.25) is 4.98 Å². The molecule has 1 nitrogen and oxygen atoms in total. The van der Waals surface area contributed by atoms with Gasteiger partial charge in [0.1, 0.15) is 0 Å². The number of fused-ring (bicyclic) bond motifs is 7. The van der Waals surface area contributed by atoms with E-state index in [-0.39, 0.29) is 0 Å². The molecule has 0 saturated heterocycles. The van der Waals surface area contributed by atoms with Crippen molar-refractivity contribution in [3.05, 3.63) is 77.1 Å². The van der Waals surface area contributed by atoms with Gasteiger partial charge in [-0.25, -0.2) is 0 Å². The molecule has 0 fully saturated rings. The van der Waals surface area contributed by atoms with E-state index < -0.39 is 0 Å². The van der Waals surface area contributed by atoms with E-state index in [0.717, 1.165) is 12.8 Å². The van der Waals surface area contributed by atoms with Crippen LogP contribution < -0.4 is 0 Å². The number of rotatable bonds is 0. The van der Waals surface area contributed by atoms with Crippen LogP contribution in [0, 0.1) is 0 Å². The Morgan fingerprint density at radius 1 is 0.700 bits per heavy atom. The molecule has 0 bridgehead atoms. The highest BCUT2D eigenvalue weighted by Crippen LogP contribution is 2.46. The second kappa shape index (κ2) is 3.57. The number of nitrogens with zero attached hydrogens (tertiary/aromatic N) is 1. The third kappa shape index (κ3) is 1.20. The molecule has 0 spiro atoms. The molecule has 0 amide bonds. The van der Waals surface area contributed by atoms with Gasteiger partial charge in [-0.05, 0) is 57.9 Å². The van der Waals surface area contributed by atoms with E-state index in [1.54, 1.807) is 0 Å². The highest BCUT2D eigenvalue weighted by Gasteiger charge is 2.27. The molecule has 94 valence electrons. The molecule has 0 N–H and O–H groups in total. The number of aromatic nitrogens is 1. The summed E-state index contributed by atoms with van der Waals surface area (Å²) in [6.45, 7) is 0. The van der Waals surface area contributed by atoms with Gasteiger partial charge in [-0.15, -0.1) is 0 Å². The number of benzene rings is 2. The molecule has 2 aliphatic rings. The Bertz CT molecular complexity index is 861.